The van der Waals surface area contributed by atoms with Gasteiger partial charge in [0.05, 0.1) is 0 Å². The molecule has 1 rings (SSSR count). The minimum atomic E-state index is 0.0820. The summed E-state index contributed by atoms with van der Waals surface area (Å²) in [6.07, 6.45) is 24.2. The molecule has 28 heavy (non-hydrogen) atoms. The summed E-state index contributed by atoms with van der Waals surface area (Å²) < 4.78 is 0.0820. The van der Waals surface area contributed by atoms with Crippen molar-refractivity contribution in [2.24, 2.45) is 0 Å². The van der Waals surface area contributed by atoms with Crippen LogP contribution in [-0.4, -0.2) is 0 Å². The molecule has 0 heterocycles. The minimum Gasteiger partial charge on any atom is -0.0807 e. The summed E-state index contributed by atoms with van der Waals surface area (Å²) in [5.41, 5.74) is 2.98. The summed E-state index contributed by atoms with van der Waals surface area (Å²) in [6.45, 7) is 6.80. The molecular formula is C27H47Br. The first-order valence-corrected chi connectivity index (χ1v) is 13.1. The zero-order chi connectivity index (χ0) is 20.5. The number of unbranched alkanes of at least 4 members (excludes halogenated alkanes) is 15. The average molecular weight is 452 g/mol. The third-order valence-electron chi connectivity index (χ3n) is 5.96. The highest BCUT2D eigenvalue weighted by Crippen LogP contribution is 2.33. The normalized spacial score (nSPS) is 11.9. The molecule has 1 aromatic carbocycles. The van der Waals surface area contributed by atoms with Crippen molar-refractivity contribution in [3.63, 3.8) is 0 Å². The molecule has 0 saturated carbocycles. The van der Waals surface area contributed by atoms with E-state index in [2.05, 4.69) is 61.0 Å². The summed E-state index contributed by atoms with van der Waals surface area (Å²) in [5, 5.41) is 0. The maximum absolute atomic E-state index is 3.83. The summed E-state index contributed by atoms with van der Waals surface area (Å²) in [6, 6.07) is 8.93. The van der Waals surface area contributed by atoms with Gasteiger partial charge >= 0.3 is 0 Å². The predicted molar refractivity (Wildman–Crippen MR) is 132 cm³/mol. The first-order chi connectivity index (χ1) is 13.6. The molecule has 0 aliphatic heterocycles. The van der Waals surface area contributed by atoms with E-state index in [0.29, 0.717) is 0 Å². The fourth-order valence-corrected chi connectivity index (χ4v) is 4.57. The van der Waals surface area contributed by atoms with Gasteiger partial charge in [-0.25, -0.2) is 0 Å². The van der Waals surface area contributed by atoms with Crippen LogP contribution in [0, 0.1) is 0 Å². The highest BCUT2D eigenvalue weighted by atomic mass is 79.9. The van der Waals surface area contributed by atoms with Gasteiger partial charge in [-0.05, 0) is 37.8 Å². The number of alkyl halides is 1. The van der Waals surface area contributed by atoms with Gasteiger partial charge in [0.25, 0.3) is 0 Å². The molecular weight excluding hydrogens is 404 g/mol. The van der Waals surface area contributed by atoms with Crippen LogP contribution in [0.5, 0.6) is 0 Å². The Morgan fingerprint density at radius 3 is 1.43 bits per heavy atom. The molecule has 0 radical (unpaired) electrons. The highest BCUT2D eigenvalue weighted by molar-refractivity contribution is 9.09. The van der Waals surface area contributed by atoms with E-state index in [0.717, 1.165) is 0 Å². The second kappa shape index (κ2) is 16.5. The van der Waals surface area contributed by atoms with E-state index < -0.39 is 0 Å². The Morgan fingerprint density at radius 1 is 0.607 bits per heavy atom. The van der Waals surface area contributed by atoms with Crippen molar-refractivity contribution in [1.82, 2.24) is 0 Å². The Kier molecular flexibility index (Phi) is 15.2. The molecule has 0 atom stereocenters. The van der Waals surface area contributed by atoms with Crippen molar-refractivity contribution in [3.05, 3.63) is 35.4 Å². The molecule has 1 heteroatoms. The van der Waals surface area contributed by atoms with Crippen molar-refractivity contribution in [2.45, 2.75) is 134 Å². The van der Waals surface area contributed by atoms with Gasteiger partial charge in [0, 0.05) is 4.32 Å². The van der Waals surface area contributed by atoms with Crippen molar-refractivity contribution in [3.8, 4) is 0 Å². The summed E-state index contributed by atoms with van der Waals surface area (Å²) in [5.74, 6) is 0. The molecule has 0 N–H and O–H groups in total. The molecule has 0 bridgehead atoms. The lowest BCUT2D eigenvalue weighted by Crippen LogP contribution is -2.10. The predicted octanol–water partition coefficient (Wildman–Crippen LogP) is 10.1. The van der Waals surface area contributed by atoms with Crippen LogP contribution in [0.4, 0.5) is 0 Å². The number of halogens is 1. The molecule has 0 saturated heterocycles. The lowest BCUT2D eigenvalue weighted by Gasteiger charge is -2.21. The minimum absolute atomic E-state index is 0.0820. The van der Waals surface area contributed by atoms with Crippen molar-refractivity contribution in [2.75, 3.05) is 0 Å². The second-order valence-electron chi connectivity index (χ2n) is 9.18. The van der Waals surface area contributed by atoms with E-state index in [1.54, 1.807) is 0 Å². The lowest BCUT2D eigenvalue weighted by atomic mass is 9.93. The van der Waals surface area contributed by atoms with Gasteiger partial charge in [-0.1, -0.05) is 143 Å². The molecule has 0 amide bonds. The second-order valence-corrected chi connectivity index (χ2v) is 11.2. The van der Waals surface area contributed by atoms with Gasteiger partial charge in [-0.15, -0.1) is 0 Å². The molecule has 0 unspecified atom stereocenters. The maximum atomic E-state index is 3.83. The topological polar surface area (TPSA) is 0 Å². The Hall–Kier alpha value is -0.300. The monoisotopic (exact) mass is 450 g/mol. The van der Waals surface area contributed by atoms with Crippen LogP contribution in [0.2, 0.25) is 0 Å². The van der Waals surface area contributed by atoms with Crippen molar-refractivity contribution >= 4 is 15.9 Å². The van der Waals surface area contributed by atoms with E-state index in [9.17, 15) is 0 Å². The van der Waals surface area contributed by atoms with Crippen LogP contribution < -0.4 is 0 Å². The van der Waals surface area contributed by atoms with Crippen LogP contribution in [-0.2, 0) is 10.7 Å². The van der Waals surface area contributed by atoms with E-state index in [4.69, 9.17) is 0 Å². The van der Waals surface area contributed by atoms with E-state index in [1.165, 1.54) is 120 Å². The lowest BCUT2D eigenvalue weighted by molar-refractivity contribution is 0.529. The molecule has 0 aromatic heterocycles. The number of rotatable bonds is 18. The molecule has 0 spiro atoms. The first kappa shape index (κ1) is 25.7. The van der Waals surface area contributed by atoms with Gasteiger partial charge in [-0.2, -0.15) is 0 Å². The van der Waals surface area contributed by atoms with Crippen LogP contribution >= 0.6 is 15.9 Å². The Balaban J connectivity index is 1.90. The van der Waals surface area contributed by atoms with Crippen LogP contribution in [0.3, 0.4) is 0 Å². The largest absolute Gasteiger partial charge is 0.0807 e. The fourth-order valence-electron chi connectivity index (χ4n) is 4.18. The van der Waals surface area contributed by atoms with Gasteiger partial charge in [0.1, 0.15) is 0 Å². The van der Waals surface area contributed by atoms with Crippen molar-refractivity contribution < 1.29 is 0 Å². The number of aryl methyl sites for hydroxylation is 1. The van der Waals surface area contributed by atoms with Crippen LogP contribution in [0.1, 0.15) is 135 Å². The number of hydrogen-bond acceptors (Lipinski definition) is 0. The van der Waals surface area contributed by atoms with Gasteiger partial charge in [-0.3, -0.25) is 0 Å². The van der Waals surface area contributed by atoms with Gasteiger partial charge < -0.3 is 0 Å². The van der Waals surface area contributed by atoms with Crippen LogP contribution in [0.15, 0.2) is 24.3 Å². The Bertz CT molecular complexity index is 471. The third-order valence-corrected chi connectivity index (χ3v) is 6.38. The van der Waals surface area contributed by atoms with E-state index in [-0.39, 0.29) is 4.32 Å². The average Bonchev–Trinajstić information content (AvgIpc) is 2.67. The smallest absolute Gasteiger partial charge is 0.0452 e. The summed E-state index contributed by atoms with van der Waals surface area (Å²) in [7, 11) is 0. The molecule has 162 valence electrons. The van der Waals surface area contributed by atoms with Crippen LogP contribution in [0.25, 0.3) is 0 Å². The Labute approximate surface area is 185 Å². The first-order valence-electron chi connectivity index (χ1n) is 12.3. The summed E-state index contributed by atoms with van der Waals surface area (Å²) in [4.78, 5) is 0. The summed E-state index contributed by atoms with van der Waals surface area (Å²) >= 11 is 3.83. The zero-order valence-electron chi connectivity index (χ0n) is 19.2. The quantitative estimate of drug-likeness (QED) is 0.154. The van der Waals surface area contributed by atoms with Gasteiger partial charge in [0.15, 0.2) is 0 Å². The third kappa shape index (κ3) is 13.0. The Morgan fingerprint density at radius 2 is 1.00 bits per heavy atom. The van der Waals surface area contributed by atoms with Gasteiger partial charge in [0.2, 0.25) is 0 Å². The fraction of sp³-hybridized carbons (Fsp3) is 0.778. The molecule has 0 aliphatic carbocycles. The zero-order valence-corrected chi connectivity index (χ0v) is 20.8. The molecule has 0 fully saturated rings. The van der Waals surface area contributed by atoms with Crippen molar-refractivity contribution in [1.29, 1.82) is 0 Å². The number of hydrogen-bond donors (Lipinski definition) is 0. The number of benzene rings is 1. The maximum Gasteiger partial charge on any atom is 0.0452 e. The van der Waals surface area contributed by atoms with E-state index in [1.807, 2.05) is 0 Å². The highest BCUT2D eigenvalue weighted by Gasteiger charge is 2.18. The molecule has 0 aliphatic rings. The SMILES string of the molecule is CCCCCCCCCCCCCCCCCCc1ccccc1C(C)(C)Br. The molecule has 1 aromatic rings. The molecule has 0 nitrogen and oxygen atoms in total. The standard InChI is InChI=1S/C27H47Br/c1-4-5-6-7-8-9-10-11-12-13-14-15-16-17-18-19-22-25-23-20-21-24-26(25)27(2,3)28/h20-21,23-24H,4-19,22H2,1-3H3. The van der Waals surface area contributed by atoms with E-state index >= 15 is 0 Å².